The van der Waals surface area contributed by atoms with Gasteiger partial charge in [0.05, 0.1) is 6.54 Å². The lowest BCUT2D eigenvalue weighted by Crippen LogP contribution is -2.43. The van der Waals surface area contributed by atoms with Crippen LogP contribution >= 0.6 is 11.6 Å². The molecule has 0 aromatic heterocycles. The third-order valence-corrected chi connectivity index (χ3v) is 4.92. The zero-order valence-corrected chi connectivity index (χ0v) is 14.9. The largest absolute Gasteiger partial charge is 0.508 e. The summed E-state index contributed by atoms with van der Waals surface area (Å²) in [6.07, 6.45) is 5.47. The first-order chi connectivity index (χ1) is 12.1. The third kappa shape index (κ3) is 4.67. The number of nitrogens with zero attached hydrogens (tertiary/aromatic N) is 1. The van der Waals surface area contributed by atoms with Crippen molar-refractivity contribution in [2.75, 3.05) is 5.32 Å². The summed E-state index contributed by atoms with van der Waals surface area (Å²) in [6.45, 7) is 0.393. The average Bonchev–Trinajstić information content (AvgIpc) is 2.61. The Labute approximate surface area is 153 Å². The number of rotatable bonds is 4. The number of para-hydroxylation sites is 1. The van der Waals surface area contributed by atoms with Gasteiger partial charge < -0.3 is 15.3 Å². The van der Waals surface area contributed by atoms with E-state index in [2.05, 4.69) is 5.32 Å². The molecule has 1 fully saturated rings. The van der Waals surface area contributed by atoms with Crippen LogP contribution in [0.15, 0.2) is 48.5 Å². The molecule has 2 aromatic rings. The van der Waals surface area contributed by atoms with Crippen LogP contribution in [-0.4, -0.2) is 22.1 Å². The first kappa shape index (κ1) is 17.6. The maximum absolute atomic E-state index is 12.9. The predicted octanol–water partition coefficient (Wildman–Crippen LogP) is 5.41. The zero-order valence-electron chi connectivity index (χ0n) is 14.1. The van der Waals surface area contributed by atoms with Gasteiger partial charge in [0.2, 0.25) is 0 Å². The number of nitrogens with one attached hydrogen (secondary N) is 1. The van der Waals surface area contributed by atoms with Gasteiger partial charge in [-0.1, -0.05) is 55.1 Å². The van der Waals surface area contributed by atoms with Crippen LogP contribution in [0.25, 0.3) is 0 Å². The average molecular weight is 359 g/mol. The van der Waals surface area contributed by atoms with E-state index in [4.69, 9.17) is 11.6 Å². The van der Waals surface area contributed by atoms with Crippen LogP contribution in [0, 0.1) is 0 Å². The Kier molecular flexibility index (Phi) is 5.82. The van der Waals surface area contributed by atoms with Gasteiger partial charge in [0.15, 0.2) is 0 Å². The molecule has 0 spiro atoms. The Morgan fingerprint density at radius 1 is 1.12 bits per heavy atom. The van der Waals surface area contributed by atoms with Crippen molar-refractivity contribution in [1.29, 1.82) is 0 Å². The van der Waals surface area contributed by atoms with Gasteiger partial charge in [-0.15, -0.1) is 0 Å². The molecular formula is C20H23ClN2O2. The normalized spacial score (nSPS) is 14.9. The summed E-state index contributed by atoms with van der Waals surface area (Å²) in [5.74, 6) is 0.221. The van der Waals surface area contributed by atoms with Gasteiger partial charge in [-0.25, -0.2) is 4.79 Å². The monoisotopic (exact) mass is 358 g/mol. The van der Waals surface area contributed by atoms with Crippen molar-refractivity contribution in [3.05, 3.63) is 59.1 Å². The number of anilines is 1. The van der Waals surface area contributed by atoms with E-state index in [1.54, 1.807) is 24.3 Å². The summed E-state index contributed by atoms with van der Waals surface area (Å²) in [5, 5.41) is 13.6. The van der Waals surface area contributed by atoms with E-state index < -0.39 is 0 Å². The molecular weight excluding hydrogens is 336 g/mol. The van der Waals surface area contributed by atoms with Crippen LogP contribution in [0.3, 0.4) is 0 Å². The second-order valence-electron chi connectivity index (χ2n) is 6.49. The van der Waals surface area contributed by atoms with E-state index >= 15 is 0 Å². The molecule has 5 heteroatoms. The molecule has 0 saturated heterocycles. The summed E-state index contributed by atoms with van der Waals surface area (Å²) >= 11 is 6.01. The van der Waals surface area contributed by atoms with Crippen molar-refractivity contribution in [3.8, 4) is 5.75 Å². The number of hydrogen-bond donors (Lipinski definition) is 2. The highest BCUT2D eigenvalue weighted by Gasteiger charge is 2.26. The number of urea groups is 1. The first-order valence-electron chi connectivity index (χ1n) is 8.73. The van der Waals surface area contributed by atoms with Crippen molar-refractivity contribution < 1.29 is 9.90 Å². The summed E-state index contributed by atoms with van der Waals surface area (Å²) in [7, 11) is 0. The molecule has 132 valence electrons. The summed E-state index contributed by atoms with van der Waals surface area (Å²) in [4.78, 5) is 14.8. The molecule has 0 unspecified atom stereocenters. The number of phenols is 1. The van der Waals surface area contributed by atoms with Crippen LogP contribution in [0.1, 0.15) is 37.7 Å². The van der Waals surface area contributed by atoms with E-state index in [9.17, 15) is 9.90 Å². The molecule has 2 N–H and O–H groups in total. The molecule has 0 heterocycles. The van der Waals surface area contributed by atoms with E-state index in [-0.39, 0.29) is 17.8 Å². The molecule has 0 bridgehead atoms. The van der Waals surface area contributed by atoms with Gasteiger partial charge in [0.25, 0.3) is 0 Å². The minimum absolute atomic E-state index is 0.155. The van der Waals surface area contributed by atoms with Gasteiger partial charge in [0, 0.05) is 22.3 Å². The number of phenolic OH excluding ortho intramolecular Hbond substituents is 1. The van der Waals surface area contributed by atoms with Gasteiger partial charge in [-0.3, -0.25) is 0 Å². The van der Waals surface area contributed by atoms with E-state index in [0.29, 0.717) is 17.3 Å². The Hall–Kier alpha value is -2.20. The molecule has 3 rings (SSSR count). The molecule has 0 radical (unpaired) electrons. The number of amides is 2. The van der Waals surface area contributed by atoms with Crippen LogP contribution in [0.4, 0.5) is 10.5 Å². The fourth-order valence-electron chi connectivity index (χ4n) is 3.35. The lowest BCUT2D eigenvalue weighted by molar-refractivity contribution is 0.162. The van der Waals surface area contributed by atoms with Crippen molar-refractivity contribution in [1.82, 2.24) is 4.90 Å². The van der Waals surface area contributed by atoms with Crippen molar-refractivity contribution in [2.24, 2.45) is 0 Å². The topological polar surface area (TPSA) is 52.6 Å². The summed E-state index contributed by atoms with van der Waals surface area (Å²) in [5.41, 5.74) is 1.44. The lowest BCUT2D eigenvalue weighted by Gasteiger charge is -2.34. The molecule has 0 aliphatic heterocycles. The van der Waals surface area contributed by atoms with Crippen LogP contribution in [-0.2, 0) is 6.54 Å². The van der Waals surface area contributed by atoms with Crippen LogP contribution in [0.5, 0.6) is 5.75 Å². The lowest BCUT2D eigenvalue weighted by atomic mass is 9.94. The Balaban J connectivity index is 1.79. The molecule has 1 saturated carbocycles. The number of halogens is 1. The Morgan fingerprint density at radius 2 is 1.88 bits per heavy atom. The van der Waals surface area contributed by atoms with Gasteiger partial charge in [0.1, 0.15) is 5.75 Å². The first-order valence-corrected chi connectivity index (χ1v) is 9.11. The van der Waals surface area contributed by atoms with Crippen LogP contribution in [0.2, 0.25) is 5.02 Å². The predicted molar refractivity (Wildman–Crippen MR) is 101 cm³/mol. The molecule has 25 heavy (non-hydrogen) atoms. The second-order valence-corrected chi connectivity index (χ2v) is 6.93. The Morgan fingerprint density at radius 3 is 2.60 bits per heavy atom. The molecule has 2 amide bonds. The highest BCUT2D eigenvalue weighted by Crippen LogP contribution is 2.27. The Bertz CT molecular complexity index is 729. The van der Waals surface area contributed by atoms with Crippen molar-refractivity contribution in [3.63, 3.8) is 0 Å². The maximum atomic E-state index is 12.9. The van der Waals surface area contributed by atoms with E-state index in [1.807, 2.05) is 29.2 Å². The van der Waals surface area contributed by atoms with E-state index in [0.717, 1.165) is 31.2 Å². The molecule has 4 nitrogen and oxygen atoms in total. The number of aromatic hydroxyl groups is 1. The van der Waals surface area contributed by atoms with Crippen molar-refractivity contribution in [2.45, 2.75) is 44.7 Å². The third-order valence-electron chi connectivity index (χ3n) is 4.68. The number of benzene rings is 2. The number of carbonyl (C=O) groups is 1. The number of hydrogen-bond acceptors (Lipinski definition) is 2. The maximum Gasteiger partial charge on any atom is 0.322 e. The van der Waals surface area contributed by atoms with Gasteiger partial charge >= 0.3 is 6.03 Å². The fraction of sp³-hybridized carbons (Fsp3) is 0.350. The number of carbonyl (C=O) groups excluding carboxylic acids is 1. The molecule has 0 atom stereocenters. The zero-order chi connectivity index (χ0) is 17.6. The highest BCUT2D eigenvalue weighted by molar-refractivity contribution is 6.30. The molecule has 1 aliphatic rings. The van der Waals surface area contributed by atoms with E-state index in [1.165, 1.54) is 6.42 Å². The SMILES string of the molecule is O=C(Nc1cccc(Cl)c1)N(Cc1ccccc1O)C1CCCCC1. The smallest absolute Gasteiger partial charge is 0.322 e. The second kappa shape index (κ2) is 8.26. The summed E-state index contributed by atoms with van der Waals surface area (Å²) in [6, 6.07) is 14.4. The minimum Gasteiger partial charge on any atom is -0.508 e. The molecule has 2 aromatic carbocycles. The quantitative estimate of drug-likeness (QED) is 0.767. The van der Waals surface area contributed by atoms with Gasteiger partial charge in [-0.05, 0) is 37.1 Å². The minimum atomic E-state index is -0.155. The highest BCUT2D eigenvalue weighted by atomic mass is 35.5. The summed E-state index contributed by atoms with van der Waals surface area (Å²) < 4.78 is 0. The molecule has 1 aliphatic carbocycles. The van der Waals surface area contributed by atoms with Crippen molar-refractivity contribution >= 4 is 23.3 Å². The van der Waals surface area contributed by atoms with Crippen LogP contribution < -0.4 is 5.32 Å². The standard InChI is InChI=1S/C20H23ClN2O2/c21-16-8-6-9-17(13-16)22-20(25)23(18-10-2-1-3-11-18)14-15-7-4-5-12-19(15)24/h4-9,12-13,18,24H,1-3,10-11,14H2,(H,22,25). The fourth-order valence-corrected chi connectivity index (χ4v) is 3.54. The van der Waals surface area contributed by atoms with Gasteiger partial charge in [-0.2, -0.15) is 0 Å².